The number of nitriles is 1. The topological polar surface area (TPSA) is 129 Å². The fourth-order valence-corrected chi connectivity index (χ4v) is 1.58. The Morgan fingerprint density at radius 1 is 1.68 bits per heavy atom. The van der Waals surface area contributed by atoms with E-state index in [1.54, 1.807) is 6.07 Å². The molecule has 0 saturated carbocycles. The number of rotatable bonds is 4. The summed E-state index contributed by atoms with van der Waals surface area (Å²) in [5, 5.41) is 31.9. The van der Waals surface area contributed by atoms with Crippen LogP contribution in [-0.4, -0.2) is 22.2 Å². The van der Waals surface area contributed by atoms with Crippen LogP contribution in [0.15, 0.2) is 21.7 Å². The van der Waals surface area contributed by atoms with Gasteiger partial charge in [0.15, 0.2) is 0 Å². The molecule has 0 aliphatic carbocycles. The molecule has 0 fully saturated rings. The maximum Gasteiger partial charge on any atom is 0.312 e. The molecule has 0 saturated heterocycles. The Morgan fingerprint density at radius 2 is 2.37 bits per heavy atom. The third-order valence-corrected chi connectivity index (χ3v) is 2.51. The minimum Gasteiger partial charge on any atom is -0.501 e. The molecule has 1 amide bonds. The second-order valence-corrected chi connectivity index (χ2v) is 4.11. The van der Waals surface area contributed by atoms with Gasteiger partial charge in [0.2, 0.25) is 5.75 Å². The second-order valence-electron chi connectivity index (χ2n) is 3.26. The first-order valence-electron chi connectivity index (χ1n) is 4.81. The van der Waals surface area contributed by atoms with E-state index in [-0.39, 0.29) is 10.9 Å². The number of benzene rings is 1. The molecule has 1 rings (SSSR count). The molecule has 0 heterocycles. The van der Waals surface area contributed by atoms with Gasteiger partial charge in [-0.05, 0) is 22.0 Å². The molecule has 0 bridgehead atoms. The Hall–Kier alpha value is -2.47. The number of hydrogen-bond donors (Lipinski definition) is 2. The summed E-state index contributed by atoms with van der Waals surface area (Å²) in [6.45, 7) is 0. The van der Waals surface area contributed by atoms with Crippen molar-refractivity contribution in [2.24, 2.45) is 5.10 Å². The minimum absolute atomic E-state index is 0.131. The molecule has 0 aromatic heterocycles. The summed E-state index contributed by atoms with van der Waals surface area (Å²) in [5.41, 5.74) is 1.89. The summed E-state index contributed by atoms with van der Waals surface area (Å²) in [6, 6.07) is 4.13. The molecular formula is C10H7BrN4O4. The second kappa shape index (κ2) is 6.46. The predicted octanol–water partition coefficient (Wildman–Crippen LogP) is 1.43. The number of carbonyl (C=O) groups is 1. The Bertz CT molecular complexity index is 594. The smallest absolute Gasteiger partial charge is 0.312 e. The van der Waals surface area contributed by atoms with Crippen LogP contribution in [-0.2, 0) is 4.79 Å². The largest absolute Gasteiger partial charge is 0.501 e. The number of aromatic hydroxyl groups is 1. The van der Waals surface area contributed by atoms with Gasteiger partial charge in [0.05, 0.1) is 21.7 Å². The summed E-state index contributed by atoms with van der Waals surface area (Å²) >= 11 is 2.96. The van der Waals surface area contributed by atoms with Gasteiger partial charge in [0, 0.05) is 11.6 Å². The lowest BCUT2D eigenvalue weighted by atomic mass is 10.2. The molecule has 8 nitrogen and oxygen atoms in total. The van der Waals surface area contributed by atoms with Crippen molar-refractivity contribution in [1.82, 2.24) is 5.43 Å². The van der Waals surface area contributed by atoms with E-state index in [0.717, 1.165) is 12.3 Å². The van der Waals surface area contributed by atoms with Crippen LogP contribution >= 0.6 is 15.9 Å². The Morgan fingerprint density at radius 3 is 2.95 bits per heavy atom. The zero-order valence-corrected chi connectivity index (χ0v) is 10.9. The van der Waals surface area contributed by atoms with Crippen molar-refractivity contribution in [3.8, 4) is 11.8 Å². The lowest BCUT2D eigenvalue weighted by Gasteiger charge is -2.00. The first-order valence-corrected chi connectivity index (χ1v) is 5.60. The highest BCUT2D eigenvalue weighted by atomic mass is 79.9. The Balaban J connectivity index is 2.91. The van der Waals surface area contributed by atoms with Crippen molar-refractivity contribution in [2.75, 3.05) is 0 Å². The number of nitrogens with one attached hydrogen (secondary N) is 1. The number of amides is 1. The van der Waals surface area contributed by atoms with E-state index >= 15 is 0 Å². The Kier molecular flexibility index (Phi) is 4.96. The zero-order chi connectivity index (χ0) is 14.4. The molecule has 19 heavy (non-hydrogen) atoms. The molecule has 9 heteroatoms. The third kappa shape index (κ3) is 4.04. The number of halogens is 1. The highest BCUT2D eigenvalue weighted by Crippen LogP contribution is 2.34. The van der Waals surface area contributed by atoms with E-state index in [2.05, 4.69) is 26.5 Å². The standard InChI is InChI=1S/C10H7BrN4O4/c11-7-3-6(4-8(10(7)17)15(18)19)5-13-14-9(16)1-2-12/h3-5,17H,1H2,(H,14,16)/b13-5+. The maximum atomic E-state index is 10.9. The monoisotopic (exact) mass is 326 g/mol. The van der Waals surface area contributed by atoms with Crippen LogP contribution in [0.1, 0.15) is 12.0 Å². The van der Waals surface area contributed by atoms with Crippen molar-refractivity contribution in [1.29, 1.82) is 5.26 Å². The van der Waals surface area contributed by atoms with Crippen LogP contribution in [0.3, 0.4) is 0 Å². The summed E-state index contributed by atoms with van der Waals surface area (Å²) in [5.74, 6) is -1.08. The van der Waals surface area contributed by atoms with Gasteiger partial charge < -0.3 is 5.11 Å². The van der Waals surface area contributed by atoms with Crippen molar-refractivity contribution in [3.63, 3.8) is 0 Å². The van der Waals surface area contributed by atoms with Crippen LogP contribution in [0.5, 0.6) is 5.75 Å². The summed E-state index contributed by atoms with van der Waals surface area (Å²) in [7, 11) is 0. The van der Waals surface area contributed by atoms with Crippen LogP contribution in [0.2, 0.25) is 0 Å². The van der Waals surface area contributed by atoms with Gasteiger partial charge in [-0.1, -0.05) is 0 Å². The number of nitro groups is 1. The molecule has 0 aliphatic rings. The van der Waals surface area contributed by atoms with Gasteiger partial charge >= 0.3 is 5.69 Å². The molecule has 0 atom stereocenters. The molecule has 2 N–H and O–H groups in total. The predicted molar refractivity (Wildman–Crippen MR) is 68.4 cm³/mol. The summed E-state index contributed by atoms with van der Waals surface area (Å²) in [4.78, 5) is 20.8. The highest BCUT2D eigenvalue weighted by molar-refractivity contribution is 9.10. The molecule has 1 aromatic rings. The van der Waals surface area contributed by atoms with Crippen molar-refractivity contribution in [2.45, 2.75) is 6.42 Å². The van der Waals surface area contributed by atoms with Crippen molar-refractivity contribution in [3.05, 3.63) is 32.3 Å². The van der Waals surface area contributed by atoms with E-state index in [1.165, 1.54) is 6.07 Å². The van der Waals surface area contributed by atoms with Gasteiger partial charge in [-0.3, -0.25) is 14.9 Å². The molecule has 98 valence electrons. The van der Waals surface area contributed by atoms with Crippen molar-refractivity contribution < 1.29 is 14.8 Å². The normalized spacial score (nSPS) is 10.1. The van der Waals surface area contributed by atoms with E-state index < -0.39 is 22.3 Å². The van der Waals surface area contributed by atoms with E-state index in [1.807, 2.05) is 0 Å². The van der Waals surface area contributed by atoms with Crippen molar-refractivity contribution >= 4 is 33.7 Å². The lowest BCUT2D eigenvalue weighted by Crippen LogP contribution is -2.16. The average molecular weight is 327 g/mol. The zero-order valence-electron chi connectivity index (χ0n) is 9.33. The van der Waals surface area contributed by atoms with Crippen LogP contribution in [0.4, 0.5) is 5.69 Å². The number of carbonyl (C=O) groups excluding carboxylic acids is 1. The fraction of sp³-hybridized carbons (Fsp3) is 0.100. The van der Waals surface area contributed by atoms with E-state index in [0.29, 0.717) is 5.56 Å². The van der Waals surface area contributed by atoms with Crippen LogP contribution < -0.4 is 5.43 Å². The fourth-order valence-electron chi connectivity index (χ4n) is 1.11. The lowest BCUT2D eigenvalue weighted by molar-refractivity contribution is -0.386. The number of nitro benzene ring substituents is 1. The first kappa shape index (κ1) is 14.6. The van der Waals surface area contributed by atoms with Gasteiger partial charge in [-0.2, -0.15) is 10.4 Å². The van der Waals surface area contributed by atoms with Gasteiger partial charge in [0.25, 0.3) is 5.91 Å². The number of hydrogen-bond acceptors (Lipinski definition) is 6. The van der Waals surface area contributed by atoms with Crippen LogP contribution in [0, 0.1) is 21.4 Å². The van der Waals surface area contributed by atoms with Gasteiger partial charge in [-0.15, -0.1) is 0 Å². The number of hydrazone groups is 1. The number of nitrogens with zero attached hydrogens (tertiary/aromatic N) is 3. The maximum absolute atomic E-state index is 10.9. The molecule has 0 aliphatic heterocycles. The molecule has 0 spiro atoms. The minimum atomic E-state index is -0.744. The highest BCUT2D eigenvalue weighted by Gasteiger charge is 2.17. The SMILES string of the molecule is N#CCC(=O)N/N=C/c1cc(Br)c(O)c([N+](=O)[O-])c1. The average Bonchev–Trinajstić information content (AvgIpc) is 2.33. The first-order chi connectivity index (χ1) is 8.95. The molecule has 0 unspecified atom stereocenters. The molecule has 1 aromatic carbocycles. The number of phenolic OH excluding ortho intramolecular Hbond substituents is 1. The molecule has 0 radical (unpaired) electrons. The quantitative estimate of drug-likeness (QED) is 0.491. The van der Waals surface area contributed by atoms with E-state index in [4.69, 9.17) is 5.26 Å². The number of phenols is 1. The molecular weight excluding hydrogens is 320 g/mol. The van der Waals surface area contributed by atoms with Gasteiger partial charge in [-0.25, -0.2) is 5.43 Å². The summed E-state index contributed by atoms with van der Waals surface area (Å²) < 4.78 is 0.131. The summed E-state index contributed by atoms with van der Waals surface area (Å²) in [6.07, 6.45) is 0.823. The third-order valence-electron chi connectivity index (χ3n) is 1.90. The van der Waals surface area contributed by atoms with Gasteiger partial charge in [0.1, 0.15) is 6.42 Å². The van der Waals surface area contributed by atoms with E-state index in [9.17, 15) is 20.0 Å². The Labute approximate surface area is 115 Å². The van der Waals surface area contributed by atoms with Crippen LogP contribution in [0.25, 0.3) is 0 Å².